The van der Waals surface area contributed by atoms with Gasteiger partial charge in [-0.2, -0.15) is 0 Å². The van der Waals surface area contributed by atoms with Gasteiger partial charge in [-0.05, 0) is 0 Å². The van der Waals surface area contributed by atoms with Crippen LogP contribution in [0, 0.1) is 0 Å². The first-order valence-electron chi connectivity index (χ1n) is 10.8. The van der Waals surface area contributed by atoms with Crippen molar-refractivity contribution in [2.24, 2.45) is 7.05 Å². The molecule has 26 heavy (non-hydrogen) atoms. The van der Waals surface area contributed by atoms with Crippen molar-refractivity contribution in [2.75, 3.05) is 0 Å². The molecule has 0 atom stereocenters. The summed E-state index contributed by atoms with van der Waals surface area (Å²) in [4.78, 5) is 0. The first-order valence-corrected chi connectivity index (χ1v) is 18.3. The SMILES string of the molecule is CCC[CH2][Sn]([CH2]CCC)([CH2]CCC)[c]1c2c(nn1C)-c1ccccc1C2. The number of aromatic nitrogens is 2. The molecule has 0 radical (unpaired) electrons. The Hall–Kier alpha value is -0.771. The van der Waals surface area contributed by atoms with Crippen LogP contribution in [0.4, 0.5) is 0 Å². The third-order valence-corrected chi connectivity index (χ3v) is 22.2. The molecule has 2 aromatic rings. The number of fused-ring (bicyclic) bond motifs is 3. The number of nitrogens with zero attached hydrogens (tertiary/aromatic N) is 2. The summed E-state index contributed by atoms with van der Waals surface area (Å²) in [6.07, 6.45) is 9.35. The predicted molar refractivity (Wildman–Crippen MR) is 116 cm³/mol. The minimum atomic E-state index is -2.46. The fourth-order valence-electron chi connectivity index (χ4n) is 4.99. The summed E-state index contributed by atoms with van der Waals surface area (Å²) < 4.78 is 8.67. The van der Waals surface area contributed by atoms with Crippen LogP contribution in [-0.4, -0.2) is 28.2 Å². The van der Waals surface area contributed by atoms with E-state index in [-0.39, 0.29) is 0 Å². The summed E-state index contributed by atoms with van der Waals surface area (Å²) in [6.45, 7) is 7.08. The van der Waals surface area contributed by atoms with Crippen molar-refractivity contribution in [3.63, 3.8) is 0 Å². The van der Waals surface area contributed by atoms with Crippen LogP contribution in [0.15, 0.2) is 24.3 Å². The van der Waals surface area contributed by atoms with Gasteiger partial charge in [-0.25, -0.2) is 0 Å². The van der Waals surface area contributed by atoms with E-state index in [4.69, 9.17) is 5.10 Å². The molecule has 0 saturated carbocycles. The van der Waals surface area contributed by atoms with Gasteiger partial charge >= 0.3 is 165 Å². The molecule has 0 fully saturated rings. The van der Waals surface area contributed by atoms with Crippen LogP contribution in [0.2, 0.25) is 13.3 Å². The standard InChI is InChI=1S/C11H9N2.3C4H9.Sn/c1-13-7-9-6-8-4-2-3-5-10(8)11(9)12-13;3*1-3-4-2;/h2-5H,6H2,1H3;3*1,3-4H2,2H3;. The molecule has 142 valence electrons. The van der Waals surface area contributed by atoms with Crippen LogP contribution < -0.4 is 3.71 Å². The van der Waals surface area contributed by atoms with Crippen molar-refractivity contribution in [1.82, 2.24) is 9.78 Å². The molecule has 1 heterocycles. The summed E-state index contributed by atoms with van der Waals surface area (Å²) >= 11 is -2.46. The third kappa shape index (κ3) is 3.76. The maximum atomic E-state index is 5.09. The first kappa shape index (κ1) is 20.0. The molecule has 0 saturated heterocycles. The van der Waals surface area contributed by atoms with Crippen LogP contribution in [0.25, 0.3) is 11.3 Å². The van der Waals surface area contributed by atoms with E-state index in [0.29, 0.717) is 0 Å². The quantitative estimate of drug-likeness (QED) is 0.338. The van der Waals surface area contributed by atoms with E-state index in [0.717, 1.165) is 6.42 Å². The average molecular weight is 459 g/mol. The Morgan fingerprint density at radius 2 is 1.50 bits per heavy atom. The molecular weight excluding hydrogens is 423 g/mol. The third-order valence-electron chi connectivity index (χ3n) is 6.31. The van der Waals surface area contributed by atoms with E-state index in [1.807, 2.05) is 0 Å². The molecule has 0 unspecified atom stereocenters. The van der Waals surface area contributed by atoms with Gasteiger partial charge in [0.2, 0.25) is 0 Å². The Bertz CT molecular complexity index is 710. The topological polar surface area (TPSA) is 17.8 Å². The van der Waals surface area contributed by atoms with Gasteiger partial charge in [0.15, 0.2) is 0 Å². The van der Waals surface area contributed by atoms with Crippen LogP contribution in [0.3, 0.4) is 0 Å². The molecule has 0 N–H and O–H groups in total. The number of unbranched alkanes of at least 4 members (excludes halogenated alkanes) is 3. The normalized spacial score (nSPS) is 13.1. The van der Waals surface area contributed by atoms with Crippen molar-refractivity contribution < 1.29 is 0 Å². The zero-order valence-electron chi connectivity index (χ0n) is 17.3. The van der Waals surface area contributed by atoms with Gasteiger partial charge in [-0.1, -0.05) is 0 Å². The fourth-order valence-corrected chi connectivity index (χ4v) is 22.5. The summed E-state index contributed by atoms with van der Waals surface area (Å²) in [5.74, 6) is 0. The molecule has 0 spiro atoms. The summed E-state index contributed by atoms with van der Waals surface area (Å²) in [6, 6.07) is 8.94. The van der Waals surface area contributed by atoms with Gasteiger partial charge in [-0.15, -0.1) is 0 Å². The molecule has 2 nitrogen and oxygen atoms in total. The van der Waals surface area contributed by atoms with E-state index >= 15 is 0 Å². The van der Waals surface area contributed by atoms with E-state index in [1.54, 1.807) is 9.27 Å². The second kappa shape index (κ2) is 8.95. The Morgan fingerprint density at radius 1 is 0.923 bits per heavy atom. The van der Waals surface area contributed by atoms with Crippen LogP contribution >= 0.6 is 0 Å². The van der Waals surface area contributed by atoms with Crippen molar-refractivity contribution >= 4 is 22.1 Å². The molecule has 3 rings (SSSR count). The van der Waals surface area contributed by atoms with Crippen molar-refractivity contribution in [1.29, 1.82) is 0 Å². The average Bonchev–Trinajstić information content (AvgIpc) is 3.16. The molecule has 1 aromatic carbocycles. The molecule has 1 aliphatic carbocycles. The van der Waals surface area contributed by atoms with Gasteiger partial charge in [0.1, 0.15) is 0 Å². The molecule has 0 amide bonds. The minimum absolute atomic E-state index is 1.12. The Kier molecular flexibility index (Phi) is 6.87. The summed E-state index contributed by atoms with van der Waals surface area (Å²) in [5.41, 5.74) is 5.82. The number of aryl methyl sites for hydroxylation is 1. The van der Waals surface area contributed by atoms with Crippen LogP contribution in [0.5, 0.6) is 0 Å². The van der Waals surface area contributed by atoms with E-state index in [1.165, 1.54) is 68.7 Å². The van der Waals surface area contributed by atoms with Crippen LogP contribution in [0.1, 0.15) is 70.4 Å². The number of hydrogen-bond acceptors (Lipinski definition) is 1. The predicted octanol–water partition coefficient (Wildman–Crippen LogP) is 6.05. The van der Waals surface area contributed by atoms with Gasteiger partial charge in [-0.3, -0.25) is 0 Å². The Balaban J connectivity index is 2.07. The Morgan fingerprint density at radius 3 is 2.08 bits per heavy atom. The van der Waals surface area contributed by atoms with Crippen molar-refractivity contribution in [3.8, 4) is 11.3 Å². The number of rotatable bonds is 10. The first-order chi connectivity index (χ1) is 12.7. The molecule has 0 aliphatic heterocycles. The fraction of sp³-hybridized carbons (Fsp3) is 0.609. The van der Waals surface area contributed by atoms with Gasteiger partial charge < -0.3 is 0 Å². The van der Waals surface area contributed by atoms with Crippen molar-refractivity contribution in [2.45, 2.75) is 79.0 Å². The van der Waals surface area contributed by atoms with Crippen LogP contribution in [-0.2, 0) is 13.5 Å². The zero-order valence-corrected chi connectivity index (χ0v) is 20.1. The molecular formula is C23H36N2Sn. The molecule has 1 aliphatic rings. The second-order valence-electron chi connectivity index (χ2n) is 8.22. The summed E-state index contributed by atoms with van der Waals surface area (Å²) in [7, 11) is 2.24. The maximum absolute atomic E-state index is 5.09. The Labute approximate surface area is 164 Å². The van der Waals surface area contributed by atoms with E-state index in [2.05, 4.69) is 56.8 Å². The van der Waals surface area contributed by atoms with Crippen molar-refractivity contribution in [3.05, 3.63) is 35.4 Å². The molecule has 0 bridgehead atoms. The monoisotopic (exact) mass is 460 g/mol. The molecule has 3 heteroatoms. The van der Waals surface area contributed by atoms with Gasteiger partial charge in [0, 0.05) is 0 Å². The number of benzene rings is 1. The molecule has 1 aromatic heterocycles. The zero-order chi connectivity index (χ0) is 18.6. The van der Waals surface area contributed by atoms with E-state index < -0.39 is 18.4 Å². The number of hydrogen-bond donors (Lipinski definition) is 0. The van der Waals surface area contributed by atoms with Gasteiger partial charge in [0.25, 0.3) is 0 Å². The summed E-state index contributed by atoms with van der Waals surface area (Å²) in [5, 5.41) is 5.09. The van der Waals surface area contributed by atoms with E-state index in [9.17, 15) is 0 Å². The van der Waals surface area contributed by atoms with Gasteiger partial charge in [0.05, 0.1) is 0 Å². The second-order valence-corrected chi connectivity index (χ2v) is 21.2.